The highest BCUT2D eigenvalue weighted by Gasteiger charge is 2.22. The van der Waals surface area contributed by atoms with Crippen molar-refractivity contribution in [2.45, 2.75) is 39.5 Å². The van der Waals surface area contributed by atoms with Gasteiger partial charge in [-0.15, -0.1) is 11.3 Å². The number of aldehydes is 1. The minimum atomic E-state index is -0.292. The Balaban J connectivity index is 2.10. The average molecular weight is 401 g/mol. The van der Waals surface area contributed by atoms with Crippen LogP contribution in [0.2, 0.25) is 0 Å². The molecule has 3 aromatic rings. The summed E-state index contributed by atoms with van der Waals surface area (Å²) >= 11 is 1.37. The van der Waals surface area contributed by atoms with Crippen LogP contribution >= 0.6 is 11.3 Å². The van der Waals surface area contributed by atoms with Gasteiger partial charge in [-0.25, -0.2) is 4.98 Å². The quantitative estimate of drug-likeness (QED) is 0.456. The van der Waals surface area contributed by atoms with E-state index in [1.54, 1.807) is 24.6 Å². The van der Waals surface area contributed by atoms with Gasteiger partial charge in [-0.2, -0.15) is 0 Å². The lowest BCUT2D eigenvalue weighted by atomic mass is 9.85. The molecule has 3 rings (SSSR count). The number of carbonyl (C=O) groups excluding carboxylic acids is 2. The number of thiazole rings is 1. The van der Waals surface area contributed by atoms with E-state index in [1.165, 1.54) is 11.3 Å². The lowest BCUT2D eigenvalue weighted by Gasteiger charge is -2.20. The number of benzene rings is 1. The minimum Gasteiger partial charge on any atom is -0.496 e. The van der Waals surface area contributed by atoms with Crippen molar-refractivity contribution in [2.24, 2.45) is 0 Å². The first-order valence-corrected chi connectivity index (χ1v) is 9.90. The molecule has 0 fully saturated rings. The fraction of sp³-hybridized carbons (Fsp3) is 0.381. The van der Waals surface area contributed by atoms with E-state index in [-0.39, 0.29) is 17.8 Å². The lowest BCUT2D eigenvalue weighted by molar-refractivity contribution is -0.142. The summed E-state index contributed by atoms with van der Waals surface area (Å²) in [4.78, 5) is 29.8. The van der Waals surface area contributed by atoms with E-state index >= 15 is 0 Å². The Kier molecular flexibility index (Phi) is 5.56. The van der Waals surface area contributed by atoms with Gasteiger partial charge in [0.1, 0.15) is 17.1 Å². The number of methoxy groups -OCH3 is 1. The largest absolute Gasteiger partial charge is 0.496 e. The molecule has 2 heterocycles. The van der Waals surface area contributed by atoms with Crippen molar-refractivity contribution in [3.05, 3.63) is 40.5 Å². The Labute approximate surface area is 168 Å². The van der Waals surface area contributed by atoms with Crippen molar-refractivity contribution < 1.29 is 19.1 Å². The van der Waals surface area contributed by atoms with E-state index in [2.05, 4.69) is 25.8 Å². The summed E-state index contributed by atoms with van der Waals surface area (Å²) in [6, 6.07) is 5.96. The summed E-state index contributed by atoms with van der Waals surface area (Å²) in [5, 5.41) is 0. The van der Waals surface area contributed by atoms with E-state index in [4.69, 9.17) is 9.47 Å². The number of ether oxygens (including phenoxy) is 2. The van der Waals surface area contributed by atoms with Gasteiger partial charge in [0, 0.05) is 16.6 Å². The average Bonchev–Trinajstić information content (AvgIpc) is 3.17. The van der Waals surface area contributed by atoms with Crippen LogP contribution in [0.5, 0.6) is 5.75 Å². The van der Waals surface area contributed by atoms with Crippen LogP contribution in [-0.2, 0) is 21.4 Å². The van der Waals surface area contributed by atoms with Crippen molar-refractivity contribution in [1.29, 1.82) is 0 Å². The van der Waals surface area contributed by atoms with Gasteiger partial charge in [0.2, 0.25) is 0 Å². The molecule has 0 amide bonds. The van der Waals surface area contributed by atoms with Gasteiger partial charge in [0.05, 0.1) is 20.1 Å². The molecule has 2 aromatic heterocycles. The van der Waals surface area contributed by atoms with Gasteiger partial charge in [-0.05, 0) is 30.0 Å². The highest BCUT2D eigenvalue weighted by molar-refractivity contribution is 7.17. The first-order chi connectivity index (χ1) is 13.3. The van der Waals surface area contributed by atoms with Gasteiger partial charge >= 0.3 is 5.97 Å². The molecule has 0 aliphatic heterocycles. The fourth-order valence-electron chi connectivity index (χ4n) is 3.01. The van der Waals surface area contributed by atoms with Crippen LogP contribution in [0.15, 0.2) is 24.4 Å². The second-order valence-electron chi connectivity index (χ2n) is 7.46. The van der Waals surface area contributed by atoms with Gasteiger partial charge in [-0.3, -0.25) is 14.0 Å². The summed E-state index contributed by atoms with van der Waals surface area (Å²) in [6.45, 7) is 8.51. The Morgan fingerprint density at radius 1 is 1.32 bits per heavy atom. The topological polar surface area (TPSA) is 69.9 Å². The minimum absolute atomic E-state index is 0.0493. The predicted molar refractivity (Wildman–Crippen MR) is 109 cm³/mol. The molecule has 28 heavy (non-hydrogen) atoms. The number of aromatic nitrogens is 2. The number of fused-ring (bicyclic) bond motifs is 1. The van der Waals surface area contributed by atoms with E-state index in [1.807, 2.05) is 18.2 Å². The molecule has 0 aliphatic rings. The van der Waals surface area contributed by atoms with Crippen molar-refractivity contribution in [3.63, 3.8) is 0 Å². The van der Waals surface area contributed by atoms with E-state index in [0.29, 0.717) is 28.7 Å². The van der Waals surface area contributed by atoms with Crippen LogP contribution in [0.3, 0.4) is 0 Å². The molecular formula is C21H24N2O4S. The zero-order chi connectivity index (χ0) is 20.5. The predicted octanol–water partition coefficient (Wildman–Crippen LogP) is 4.29. The summed E-state index contributed by atoms with van der Waals surface area (Å²) in [5.74, 6) is 0.369. The third-order valence-corrected chi connectivity index (χ3v) is 5.45. The second-order valence-corrected chi connectivity index (χ2v) is 8.55. The summed E-state index contributed by atoms with van der Waals surface area (Å²) < 4.78 is 12.2. The number of rotatable bonds is 6. The zero-order valence-electron chi connectivity index (χ0n) is 16.7. The number of hydrogen-bond donors (Lipinski definition) is 0. The smallest absolute Gasteiger partial charge is 0.311 e. The normalized spacial score (nSPS) is 11.6. The van der Waals surface area contributed by atoms with E-state index in [0.717, 1.165) is 22.3 Å². The van der Waals surface area contributed by atoms with Crippen molar-refractivity contribution >= 4 is 28.6 Å². The maximum atomic E-state index is 11.9. The maximum absolute atomic E-state index is 11.9. The molecule has 0 saturated carbocycles. The lowest BCUT2D eigenvalue weighted by Crippen LogP contribution is -2.11. The molecule has 0 atom stereocenters. The molecule has 0 radical (unpaired) electrons. The number of esters is 1. The Hall–Kier alpha value is -2.67. The molecule has 7 heteroatoms. The van der Waals surface area contributed by atoms with Crippen LogP contribution in [-0.4, -0.2) is 35.4 Å². The molecule has 0 unspecified atom stereocenters. The van der Waals surface area contributed by atoms with E-state index in [9.17, 15) is 9.59 Å². The van der Waals surface area contributed by atoms with Gasteiger partial charge in [0.25, 0.3) is 0 Å². The van der Waals surface area contributed by atoms with E-state index < -0.39 is 0 Å². The molecule has 0 bridgehead atoms. The zero-order valence-corrected chi connectivity index (χ0v) is 17.6. The molecule has 6 nitrogen and oxygen atoms in total. The molecular weight excluding hydrogens is 376 g/mol. The number of carbonyl (C=O) groups is 2. The second kappa shape index (κ2) is 7.75. The van der Waals surface area contributed by atoms with Gasteiger partial charge < -0.3 is 9.47 Å². The molecule has 1 aromatic carbocycles. The van der Waals surface area contributed by atoms with Crippen LogP contribution in [0, 0.1) is 0 Å². The first-order valence-electron chi connectivity index (χ1n) is 9.09. The maximum Gasteiger partial charge on any atom is 0.311 e. The van der Waals surface area contributed by atoms with Crippen LogP contribution in [0.1, 0.15) is 48.6 Å². The first kappa shape index (κ1) is 20.1. The molecule has 0 N–H and O–H groups in total. The number of hydrogen-bond acceptors (Lipinski definition) is 6. The van der Waals surface area contributed by atoms with Crippen LogP contribution < -0.4 is 4.74 Å². The van der Waals surface area contributed by atoms with Crippen LogP contribution in [0.25, 0.3) is 16.2 Å². The van der Waals surface area contributed by atoms with Crippen molar-refractivity contribution in [1.82, 2.24) is 9.38 Å². The highest BCUT2D eigenvalue weighted by Crippen LogP contribution is 2.37. The van der Waals surface area contributed by atoms with Gasteiger partial charge in [-0.1, -0.05) is 26.8 Å². The molecule has 0 aliphatic carbocycles. The summed E-state index contributed by atoms with van der Waals surface area (Å²) in [6.07, 6.45) is 2.73. The van der Waals surface area contributed by atoms with Crippen molar-refractivity contribution in [2.75, 3.05) is 13.7 Å². The third kappa shape index (κ3) is 3.80. The highest BCUT2D eigenvalue weighted by atomic mass is 32.1. The Bertz CT molecular complexity index is 1030. The number of imidazole rings is 1. The monoisotopic (exact) mass is 400 g/mol. The van der Waals surface area contributed by atoms with Gasteiger partial charge in [0.15, 0.2) is 11.2 Å². The Morgan fingerprint density at radius 2 is 2.07 bits per heavy atom. The molecule has 148 valence electrons. The molecule has 0 saturated heterocycles. The third-order valence-electron chi connectivity index (χ3n) is 4.47. The number of nitrogens with zero attached hydrogens (tertiary/aromatic N) is 2. The molecule has 0 spiro atoms. The summed E-state index contributed by atoms with van der Waals surface area (Å²) in [7, 11) is 1.60. The SMILES string of the molecule is CCOC(=O)Cc1cn2c(C=O)c(-c3cc(C(C)(C)C)ccc3OC)nc2s1. The van der Waals surface area contributed by atoms with Crippen LogP contribution in [0.4, 0.5) is 0 Å². The Morgan fingerprint density at radius 3 is 2.68 bits per heavy atom. The standard InChI is InChI=1S/C21H24N2O4S/c1-6-27-18(25)10-14-11-23-16(12-24)19(22-20(23)28-14)15-9-13(21(2,3)4)7-8-17(15)26-5/h7-9,11-12H,6,10H2,1-5H3. The fourth-order valence-corrected chi connectivity index (χ4v) is 3.98. The van der Waals surface area contributed by atoms with Crippen molar-refractivity contribution in [3.8, 4) is 17.0 Å². The summed E-state index contributed by atoms with van der Waals surface area (Å²) in [5.41, 5.74) is 2.86.